The fourth-order valence-electron chi connectivity index (χ4n) is 2.42. The lowest BCUT2D eigenvalue weighted by Crippen LogP contribution is -2.38. The summed E-state index contributed by atoms with van der Waals surface area (Å²) in [6, 6.07) is 7.64. The third kappa shape index (κ3) is 3.00. The van der Waals surface area contributed by atoms with E-state index in [1.54, 1.807) is 23.5 Å². The first-order valence-electron chi connectivity index (χ1n) is 6.74. The van der Waals surface area contributed by atoms with Crippen molar-refractivity contribution in [1.82, 2.24) is 9.88 Å². The van der Waals surface area contributed by atoms with Gasteiger partial charge in [0.15, 0.2) is 0 Å². The van der Waals surface area contributed by atoms with Crippen molar-refractivity contribution in [3.05, 3.63) is 45.9 Å². The second-order valence-corrected chi connectivity index (χ2v) is 5.94. The van der Waals surface area contributed by atoms with Crippen molar-refractivity contribution >= 4 is 11.3 Å². The van der Waals surface area contributed by atoms with Gasteiger partial charge in [-0.15, -0.1) is 11.3 Å². The van der Waals surface area contributed by atoms with Gasteiger partial charge in [0.2, 0.25) is 0 Å². The van der Waals surface area contributed by atoms with Crippen LogP contribution in [-0.4, -0.2) is 34.7 Å². The van der Waals surface area contributed by atoms with Crippen LogP contribution in [0.1, 0.15) is 22.3 Å². The van der Waals surface area contributed by atoms with E-state index in [0.717, 1.165) is 30.4 Å². The molecule has 1 aliphatic heterocycles. The average molecular weight is 290 g/mol. The van der Waals surface area contributed by atoms with Crippen molar-refractivity contribution in [2.45, 2.75) is 19.5 Å². The molecule has 1 aliphatic rings. The number of rotatable bonds is 3. The lowest BCUT2D eigenvalue weighted by Gasteiger charge is -2.34. The molecule has 106 valence electrons. The van der Waals surface area contributed by atoms with Crippen molar-refractivity contribution in [3.8, 4) is 5.75 Å². The predicted octanol–water partition coefficient (Wildman–Crippen LogP) is 2.73. The Hall–Kier alpha value is -1.43. The van der Waals surface area contributed by atoms with E-state index in [1.807, 2.05) is 19.1 Å². The summed E-state index contributed by atoms with van der Waals surface area (Å²) < 4.78 is 5.62. The van der Waals surface area contributed by atoms with Crippen molar-refractivity contribution < 1.29 is 9.84 Å². The number of phenols is 1. The standard InChI is InChI=1S/C15H18N2O2S/c1-11-10-20-15(16-11)14-9-19-7-6-17(14)8-12-2-4-13(18)5-3-12/h2-5,10,14,18H,6-9H2,1H3/t14-/m1/s1. The maximum Gasteiger partial charge on any atom is 0.115 e. The van der Waals surface area contributed by atoms with E-state index in [0.29, 0.717) is 12.4 Å². The second kappa shape index (κ2) is 5.91. The highest BCUT2D eigenvalue weighted by atomic mass is 32.1. The van der Waals surface area contributed by atoms with Gasteiger partial charge in [-0.05, 0) is 24.6 Å². The van der Waals surface area contributed by atoms with Gasteiger partial charge in [-0.3, -0.25) is 4.90 Å². The highest BCUT2D eigenvalue weighted by molar-refractivity contribution is 7.09. The molecule has 1 N–H and O–H groups in total. The number of aromatic nitrogens is 1. The largest absolute Gasteiger partial charge is 0.508 e. The van der Waals surface area contributed by atoms with Crippen LogP contribution < -0.4 is 0 Å². The van der Waals surface area contributed by atoms with E-state index >= 15 is 0 Å². The summed E-state index contributed by atoms with van der Waals surface area (Å²) in [4.78, 5) is 6.99. The quantitative estimate of drug-likeness (QED) is 0.944. The van der Waals surface area contributed by atoms with Crippen LogP contribution in [0, 0.1) is 6.92 Å². The smallest absolute Gasteiger partial charge is 0.115 e. The minimum absolute atomic E-state index is 0.233. The number of benzene rings is 1. The van der Waals surface area contributed by atoms with Gasteiger partial charge in [0.1, 0.15) is 10.8 Å². The number of aryl methyl sites for hydroxylation is 1. The van der Waals surface area contributed by atoms with Gasteiger partial charge in [0, 0.05) is 24.2 Å². The molecule has 0 radical (unpaired) electrons. The van der Waals surface area contributed by atoms with E-state index in [9.17, 15) is 5.11 Å². The minimum Gasteiger partial charge on any atom is -0.508 e. The first kappa shape index (κ1) is 13.5. The van der Waals surface area contributed by atoms with Crippen LogP contribution in [0.4, 0.5) is 0 Å². The molecule has 0 amide bonds. The molecule has 5 heteroatoms. The van der Waals surface area contributed by atoms with Gasteiger partial charge < -0.3 is 9.84 Å². The Morgan fingerprint density at radius 2 is 2.20 bits per heavy atom. The molecule has 0 saturated carbocycles. The zero-order valence-electron chi connectivity index (χ0n) is 11.5. The Balaban J connectivity index is 1.77. The van der Waals surface area contributed by atoms with Gasteiger partial charge >= 0.3 is 0 Å². The van der Waals surface area contributed by atoms with Crippen LogP contribution >= 0.6 is 11.3 Å². The molecule has 1 atom stereocenters. The summed E-state index contributed by atoms with van der Waals surface area (Å²) in [5.74, 6) is 0.308. The summed E-state index contributed by atoms with van der Waals surface area (Å²) in [7, 11) is 0. The van der Waals surface area contributed by atoms with E-state index in [1.165, 1.54) is 5.56 Å². The van der Waals surface area contributed by atoms with Crippen LogP contribution in [-0.2, 0) is 11.3 Å². The molecule has 2 heterocycles. The first-order valence-corrected chi connectivity index (χ1v) is 7.62. The van der Waals surface area contributed by atoms with E-state index in [2.05, 4.69) is 15.3 Å². The Morgan fingerprint density at radius 1 is 1.40 bits per heavy atom. The molecule has 3 rings (SSSR count). The van der Waals surface area contributed by atoms with E-state index in [4.69, 9.17) is 4.74 Å². The fourth-order valence-corrected chi connectivity index (χ4v) is 3.33. The van der Waals surface area contributed by atoms with Crippen LogP contribution in [0.15, 0.2) is 29.6 Å². The number of ether oxygens (including phenoxy) is 1. The molecule has 1 saturated heterocycles. The number of nitrogens with zero attached hydrogens (tertiary/aromatic N) is 2. The summed E-state index contributed by atoms with van der Waals surface area (Å²) in [6.07, 6.45) is 0. The van der Waals surface area contributed by atoms with Crippen LogP contribution in [0.25, 0.3) is 0 Å². The molecular weight excluding hydrogens is 272 g/mol. The molecule has 1 fully saturated rings. The van der Waals surface area contributed by atoms with Crippen molar-refractivity contribution in [3.63, 3.8) is 0 Å². The van der Waals surface area contributed by atoms with Crippen molar-refractivity contribution in [1.29, 1.82) is 0 Å². The third-order valence-electron chi connectivity index (χ3n) is 3.48. The summed E-state index contributed by atoms with van der Waals surface area (Å²) >= 11 is 1.70. The Morgan fingerprint density at radius 3 is 2.90 bits per heavy atom. The molecule has 0 unspecified atom stereocenters. The Kier molecular flexibility index (Phi) is 4.00. The predicted molar refractivity (Wildman–Crippen MR) is 78.9 cm³/mol. The van der Waals surface area contributed by atoms with Crippen molar-refractivity contribution in [2.24, 2.45) is 0 Å². The lowest BCUT2D eigenvalue weighted by atomic mass is 10.1. The molecular formula is C15H18N2O2S. The van der Waals surface area contributed by atoms with Gasteiger partial charge in [-0.25, -0.2) is 4.98 Å². The van der Waals surface area contributed by atoms with E-state index in [-0.39, 0.29) is 6.04 Å². The maximum absolute atomic E-state index is 9.35. The normalized spacial score (nSPS) is 20.1. The number of thiazole rings is 1. The summed E-state index contributed by atoms with van der Waals surface area (Å²) in [5, 5.41) is 12.6. The van der Waals surface area contributed by atoms with Gasteiger partial charge in [-0.2, -0.15) is 0 Å². The monoisotopic (exact) mass is 290 g/mol. The molecule has 1 aromatic carbocycles. The number of phenolic OH excluding ortho intramolecular Hbond substituents is 1. The number of morpholine rings is 1. The third-order valence-corrected chi connectivity index (χ3v) is 4.55. The Labute approximate surface area is 122 Å². The molecule has 4 nitrogen and oxygen atoms in total. The molecule has 20 heavy (non-hydrogen) atoms. The summed E-state index contributed by atoms with van der Waals surface area (Å²) in [5.41, 5.74) is 2.27. The van der Waals surface area contributed by atoms with E-state index < -0.39 is 0 Å². The van der Waals surface area contributed by atoms with Crippen molar-refractivity contribution in [2.75, 3.05) is 19.8 Å². The molecule has 2 aromatic rings. The molecule has 0 aliphatic carbocycles. The highest BCUT2D eigenvalue weighted by Gasteiger charge is 2.26. The zero-order valence-corrected chi connectivity index (χ0v) is 12.3. The highest BCUT2D eigenvalue weighted by Crippen LogP contribution is 2.28. The van der Waals surface area contributed by atoms with Crippen LogP contribution in [0.2, 0.25) is 0 Å². The lowest BCUT2D eigenvalue weighted by molar-refractivity contribution is -0.0128. The minimum atomic E-state index is 0.233. The van der Waals surface area contributed by atoms with Crippen LogP contribution in [0.5, 0.6) is 5.75 Å². The Bertz CT molecular complexity index is 568. The van der Waals surface area contributed by atoms with Gasteiger partial charge in [0.25, 0.3) is 0 Å². The molecule has 1 aromatic heterocycles. The number of hydrogen-bond acceptors (Lipinski definition) is 5. The fraction of sp³-hybridized carbons (Fsp3) is 0.400. The zero-order chi connectivity index (χ0) is 13.9. The second-order valence-electron chi connectivity index (χ2n) is 5.05. The maximum atomic E-state index is 9.35. The molecule has 0 spiro atoms. The topological polar surface area (TPSA) is 45.6 Å². The molecule has 0 bridgehead atoms. The summed E-state index contributed by atoms with van der Waals surface area (Å²) in [6.45, 7) is 5.25. The first-order chi connectivity index (χ1) is 9.72. The van der Waals surface area contributed by atoms with Gasteiger partial charge in [0.05, 0.1) is 19.3 Å². The van der Waals surface area contributed by atoms with Gasteiger partial charge in [-0.1, -0.05) is 12.1 Å². The number of hydrogen-bond donors (Lipinski definition) is 1. The average Bonchev–Trinajstić information content (AvgIpc) is 2.88. The number of aromatic hydroxyl groups is 1. The SMILES string of the molecule is Cc1csc([C@H]2COCCN2Cc2ccc(O)cc2)n1. The van der Waals surface area contributed by atoms with Crippen LogP contribution in [0.3, 0.4) is 0 Å².